The number of Topliss-reactive ketones (excluding diaryl/α,β-unsaturated/α-hetero) is 3. The van der Waals surface area contributed by atoms with Gasteiger partial charge >= 0.3 is 0 Å². The average molecular weight is 1780 g/mol. The van der Waals surface area contributed by atoms with Crippen LogP contribution in [0.2, 0.25) is 0 Å². The Kier molecular flexibility index (Phi) is 62.3. The molecule has 0 unspecified atom stereocenters. The maximum absolute atomic E-state index is 12.5. The number of nitrogens with zero attached hydrogens (tertiary/aromatic N) is 5. The SMILES string of the molecule is CC(C)(C)CCCC(=O)NCCCOC(C)(C)C.CC(C)(C)CCN1CCN(CC(=O)NCCCOC(C)(C)C)CC1.CC(C)(C)CCOCCCC(=O)C(C)(C)C.CC(C)(C)NCCCC(=O)C(C)(C)C.CC(C)(C)NCCCCCC(=O)C(C)(C)C.CC(C)(C)c1nnc(CCCC(=O)N2CCC(C)(C(C)(C)C)CC2)o1.CC(C)OCCCNC(C)(C)C. The van der Waals surface area contributed by atoms with E-state index in [9.17, 15) is 28.8 Å². The van der Waals surface area contributed by atoms with Crippen molar-refractivity contribution in [2.24, 2.45) is 43.3 Å². The van der Waals surface area contributed by atoms with Gasteiger partial charge in [0.1, 0.15) is 17.3 Å². The zero-order valence-electron chi connectivity index (χ0n) is 90.4. The third-order valence-electron chi connectivity index (χ3n) is 21.2. The van der Waals surface area contributed by atoms with Crippen molar-refractivity contribution in [3.63, 3.8) is 0 Å². The molecule has 2 fully saturated rings. The van der Waals surface area contributed by atoms with Crippen LogP contribution in [0.25, 0.3) is 0 Å². The summed E-state index contributed by atoms with van der Waals surface area (Å²) in [6, 6.07) is 0. The Bertz CT molecular complexity index is 2910. The van der Waals surface area contributed by atoms with Crippen molar-refractivity contribution >= 4 is 35.1 Å². The van der Waals surface area contributed by atoms with Gasteiger partial charge in [0.15, 0.2) is 0 Å². The largest absolute Gasteiger partial charge is 0.425 e. The number of rotatable bonds is 40. The molecule has 21 heteroatoms. The van der Waals surface area contributed by atoms with Crippen molar-refractivity contribution < 1.29 is 52.1 Å². The van der Waals surface area contributed by atoms with Crippen LogP contribution in [-0.2, 0) is 59.6 Å². The first-order valence-corrected chi connectivity index (χ1v) is 48.8. The number of aromatic nitrogens is 2. The number of ketones is 3. The lowest BCUT2D eigenvalue weighted by molar-refractivity contribution is -0.135. The van der Waals surface area contributed by atoms with Gasteiger partial charge in [-0.2, -0.15) is 0 Å². The third kappa shape index (κ3) is 83.1. The summed E-state index contributed by atoms with van der Waals surface area (Å²) in [5, 5.41) is 24.4. The van der Waals surface area contributed by atoms with E-state index in [1.54, 1.807) is 0 Å². The van der Waals surface area contributed by atoms with Crippen molar-refractivity contribution in [2.45, 2.75) is 465 Å². The van der Waals surface area contributed by atoms with Gasteiger partial charge in [-0.3, -0.25) is 33.7 Å². The van der Waals surface area contributed by atoms with Crippen LogP contribution in [0.5, 0.6) is 0 Å². The van der Waals surface area contributed by atoms with Crippen molar-refractivity contribution in [1.29, 1.82) is 0 Å². The van der Waals surface area contributed by atoms with Crippen molar-refractivity contribution in [3.8, 4) is 0 Å². The highest BCUT2D eigenvalue weighted by Gasteiger charge is 2.41. The van der Waals surface area contributed by atoms with Crippen molar-refractivity contribution in [2.75, 3.05) is 118 Å². The fourth-order valence-electron chi connectivity index (χ4n) is 11.9. The minimum atomic E-state index is -0.203. The molecule has 3 rings (SSSR count). The van der Waals surface area contributed by atoms with Gasteiger partial charge in [-0.1, -0.05) is 180 Å². The van der Waals surface area contributed by atoms with Crippen LogP contribution in [0.1, 0.15) is 431 Å². The summed E-state index contributed by atoms with van der Waals surface area (Å²) in [6.45, 7) is 105. The maximum atomic E-state index is 12.5. The smallest absolute Gasteiger partial charge is 0.234 e. The summed E-state index contributed by atoms with van der Waals surface area (Å²) < 4.78 is 27.9. The first-order chi connectivity index (χ1) is 56.4. The van der Waals surface area contributed by atoms with Crippen LogP contribution in [0.4, 0.5) is 0 Å². The van der Waals surface area contributed by atoms with Crippen LogP contribution < -0.4 is 26.6 Å². The quantitative estimate of drug-likeness (QED) is 0.0383. The minimum Gasteiger partial charge on any atom is -0.425 e. The summed E-state index contributed by atoms with van der Waals surface area (Å²) in [5.41, 5.74) is 1.39. The highest BCUT2D eigenvalue weighted by molar-refractivity contribution is 5.84. The lowest BCUT2D eigenvalue weighted by Gasteiger charge is -2.47. The van der Waals surface area contributed by atoms with Crippen molar-refractivity contribution in [3.05, 3.63) is 11.8 Å². The summed E-state index contributed by atoms with van der Waals surface area (Å²) in [6.07, 6.45) is 19.5. The van der Waals surface area contributed by atoms with Crippen LogP contribution >= 0.6 is 0 Å². The molecule has 3 amide bonds. The highest BCUT2D eigenvalue weighted by Crippen LogP contribution is 2.46. The molecule has 742 valence electrons. The molecule has 0 atom stereocenters. The van der Waals surface area contributed by atoms with Gasteiger partial charge in [0.25, 0.3) is 0 Å². The first kappa shape index (κ1) is 127. The molecule has 3 heterocycles. The Morgan fingerprint density at radius 3 is 1.21 bits per heavy atom. The van der Waals surface area contributed by atoms with Gasteiger partial charge in [0.2, 0.25) is 29.5 Å². The number of likely N-dealkylation sites (tertiary alicyclic amines) is 1. The molecule has 0 bridgehead atoms. The number of amides is 3. The van der Waals surface area contributed by atoms with E-state index in [0.717, 1.165) is 175 Å². The third-order valence-corrected chi connectivity index (χ3v) is 21.2. The van der Waals surface area contributed by atoms with Crippen LogP contribution in [-0.4, -0.2) is 212 Å². The number of carbonyl (C=O) groups excluding carboxylic acids is 6. The average Bonchev–Trinajstić information content (AvgIpc) is 1.43. The molecule has 2 aliphatic heterocycles. The molecule has 0 radical (unpaired) electrons. The van der Waals surface area contributed by atoms with Gasteiger partial charge in [-0.15, -0.1) is 10.2 Å². The summed E-state index contributed by atoms with van der Waals surface area (Å²) in [7, 11) is 0. The highest BCUT2D eigenvalue weighted by atomic mass is 16.5. The van der Waals surface area contributed by atoms with Crippen LogP contribution in [0.3, 0.4) is 0 Å². The standard InChI is InChI=1S/C20H35N3O2.C19H39N3O2.C15H31NO2.C14H29NO.C14H28O2.C12H25NO.C10H23NO/c1-18(2,3)17-22-21-15(25-17)9-8-10-16(24)23-13-11-20(7,12-14-23)19(4,5)6;1-18(2,3)8-10-21-11-13-22(14-12-21)16-17(23)20-9-7-15-24-19(4,5)6;1-14(2,3)10-7-9-13(17)16-11-8-12-18-15(4,5)6;1-13(2,3)12(16)10-8-7-9-11-15-14(4,5)6;1-13(2,3)9-11-16-10-7-8-12(15)14(4,5)6;1-11(2,3)10(14)8-7-9-13-12(4,5)6;1-9(2)12-8-6-7-11-10(3,4)5/h8-14H2,1-7H3;7-16H2,1-6H3,(H,20,23);7-12H2,1-6H3,(H,16,17);15H,7-11H2,1-6H3;7-11H2,1-6H3;13H,7-9H2,1-6H3;9,11H,6-8H2,1-5H3. The number of hydrogen-bond acceptors (Lipinski definition) is 18. The van der Waals surface area contributed by atoms with Crippen LogP contribution in [0.15, 0.2) is 4.42 Å². The molecule has 2 aliphatic rings. The normalized spacial score (nSPS) is 14.9. The number of ether oxygens (including phenoxy) is 4. The van der Waals surface area contributed by atoms with E-state index in [-0.39, 0.29) is 72.6 Å². The van der Waals surface area contributed by atoms with E-state index < -0.39 is 0 Å². The number of piperidine rings is 1. The monoisotopic (exact) mass is 1780 g/mol. The summed E-state index contributed by atoms with van der Waals surface area (Å²) >= 11 is 0. The van der Waals surface area contributed by atoms with E-state index in [1.165, 1.54) is 6.42 Å². The number of carbonyl (C=O) groups is 6. The van der Waals surface area contributed by atoms with Gasteiger partial charge in [0.05, 0.1) is 23.9 Å². The number of piperazine rings is 1. The lowest BCUT2D eigenvalue weighted by atomic mass is 9.63. The Morgan fingerprint density at radius 1 is 0.400 bits per heavy atom. The first-order valence-electron chi connectivity index (χ1n) is 48.8. The zero-order valence-corrected chi connectivity index (χ0v) is 90.4. The Balaban J connectivity index is -0.000000693. The molecule has 1 aromatic heterocycles. The number of aryl methyl sites for hydroxylation is 1. The van der Waals surface area contributed by atoms with Gasteiger partial charge in [-0.05, 0) is 261 Å². The van der Waals surface area contributed by atoms with E-state index in [0.29, 0.717) is 128 Å². The van der Waals surface area contributed by atoms with Gasteiger partial charge in [-0.25, -0.2) is 0 Å². The predicted octanol–water partition coefficient (Wildman–Crippen LogP) is 22.6. The molecule has 0 spiro atoms. The van der Waals surface area contributed by atoms with Gasteiger partial charge < -0.3 is 59.7 Å². The molecule has 0 aliphatic carbocycles. The fourth-order valence-corrected chi connectivity index (χ4v) is 11.9. The molecule has 125 heavy (non-hydrogen) atoms. The topological polar surface area (TPSA) is 248 Å². The molecule has 0 aromatic carbocycles. The molecule has 21 nitrogen and oxygen atoms in total. The van der Waals surface area contributed by atoms with E-state index in [1.807, 2.05) is 109 Å². The number of unbranched alkanes of at least 4 members (excludes halogenated alkanes) is 2. The Hall–Kier alpha value is -3.80. The summed E-state index contributed by atoms with van der Waals surface area (Å²) in [4.78, 5) is 77.6. The zero-order chi connectivity index (χ0) is 98.0. The van der Waals surface area contributed by atoms with Crippen LogP contribution in [0, 0.1) is 43.3 Å². The molecule has 0 saturated carbocycles. The number of hydrogen-bond donors (Lipinski definition) is 5. The molecular formula is C104H210N10O11. The second-order valence-electron chi connectivity index (χ2n) is 49.7. The maximum Gasteiger partial charge on any atom is 0.234 e. The molecular weight excluding hydrogens is 1570 g/mol. The Labute approximate surface area is 772 Å². The lowest BCUT2D eigenvalue weighted by Crippen LogP contribution is -2.50. The summed E-state index contributed by atoms with van der Waals surface area (Å²) in [5.74, 6) is 2.91. The predicted molar refractivity (Wildman–Crippen MR) is 530 cm³/mol. The fraction of sp³-hybridized carbons (Fsp3) is 0.923. The second kappa shape index (κ2) is 61.1. The van der Waals surface area contributed by atoms with E-state index >= 15 is 0 Å². The second-order valence-corrected chi connectivity index (χ2v) is 49.7. The van der Waals surface area contributed by atoms with E-state index in [4.69, 9.17) is 23.4 Å². The minimum absolute atomic E-state index is 0.0866. The molecule has 2 saturated heterocycles. The van der Waals surface area contributed by atoms with Gasteiger partial charge in [0, 0.05) is 162 Å². The molecule has 5 N–H and O–H groups in total. The Morgan fingerprint density at radius 2 is 0.808 bits per heavy atom. The van der Waals surface area contributed by atoms with Crippen molar-refractivity contribution in [1.82, 2.24) is 51.5 Å². The van der Waals surface area contributed by atoms with E-state index in [2.05, 4.69) is 234 Å². The molecule has 1 aromatic rings. The number of nitrogens with one attached hydrogen (secondary N) is 5.